The molecule has 1 saturated heterocycles. The average Bonchev–Trinajstić information content (AvgIpc) is 2.94. The second kappa shape index (κ2) is 11.8. The Labute approximate surface area is 230 Å². The predicted octanol–water partition coefficient (Wildman–Crippen LogP) is 4.62. The van der Waals surface area contributed by atoms with Crippen molar-refractivity contribution in [3.8, 4) is 16.9 Å². The average molecular weight is 537 g/mol. The van der Waals surface area contributed by atoms with E-state index in [2.05, 4.69) is 11.4 Å². The first-order valence-electron chi connectivity index (χ1n) is 13.8. The van der Waals surface area contributed by atoms with Gasteiger partial charge in [0.25, 0.3) is 5.91 Å². The maximum Gasteiger partial charge on any atom is 0.409 e. The Morgan fingerprint density at radius 1 is 1.05 bits per heavy atom. The molecule has 2 N–H and O–H groups in total. The molecular formula is C31H40N2O6. The van der Waals surface area contributed by atoms with Crippen LogP contribution in [0.2, 0.25) is 0 Å². The highest BCUT2D eigenvalue weighted by atomic mass is 16.6. The van der Waals surface area contributed by atoms with Gasteiger partial charge in [-0.1, -0.05) is 58.0 Å². The third-order valence-electron chi connectivity index (χ3n) is 7.41. The lowest BCUT2D eigenvalue weighted by Crippen LogP contribution is -2.51. The lowest BCUT2D eigenvalue weighted by molar-refractivity contribution is -0.117. The molecule has 39 heavy (non-hydrogen) atoms. The van der Waals surface area contributed by atoms with Gasteiger partial charge in [0.05, 0.1) is 6.61 Å². The number of piperidine rings is 1. The first kappa shape index (κ1) is 28.6. The number of Topliss-reactive ketones (excluding diaryl/α,β-unsaturated/α-hetero) is 1. The van der Waals surface area contributed by atoms with Gasteiger partial charge in [0.2, 0.25) is 5.78 Å². The monoisotopic (exact) mass is 536 g/mol. The van der Waals surface area contributed by atoms with Gasteiger partial charge in [0, 0.05) is 44.6 Å². The molecule has 0 saturated carbocycles. The molecule has 2 amide bonds. The van der Waals surface area contributed by atoms with Crippen LogP contribution in [0.25, 0.3) is 11.1 Å². The van der Waals surface area contributed by atoms with Gasteiger partial charge in [0.1, 0.15) is 11.4 Å². The van der Waals surface area contributed by atoms with E-state index in [4.69, 9.17) is 14.6 Å². The largest absolute Gasteiger partial charge is 0.487 e. The number of amides is 2. The molecule has 2 heterocycles. The topological polar surface area (TPSA) is 105 Å². The van der Waals surface area contributed by atoms with E-state index in [9.17, 15) is 14.4 Å². The van der Waals surface area contributed by atoms with E-state index in [-0.39, 0.29) is 36.2 Å². The first-order valence-corrected chi connectivity index (χ1v) is 13.8. The van der Waals surface area contributed by atoms with Crippen LogP contribution in [0.1, 0.15) is 62.9 Å². The van der Waals surface area contributed by atoms with Gasteiger partial charge in [0.15, 0.2) is 0 Å². The number of aryl methyl sites for hydroxylation is 1. The Balaban J connectivity index is 1.35. The van der Waals surface area contributed by atoms with Crippen LogP contribution in [0.5, 0.6) is 5.75 Å². The van der Waals surface area contributed by atoms with E-state index in [1.165, 1.54) is 0 Å². The minimum Gasteiger partial charge on any atom is -0.487 e. The van der Waals surface area contributed by atoms with Crippen LogP contribution in [-0.4, -0.2) is 66.2 Å². The van der Waals surface area contributed by atoms with Gasteiger partial charge in [-0.2, -0.15) is 0 Å². The molecule has 0 aromatic heterocycles. The molecule has 1 spiro atoms. The summed E-state index contributed by atoms with van der Waals surface area (Å²) in [4.78, 5) is 38.8. The molecule has 2 aromatic carbocycles. The Morgan fingerprint density at radius 3 is 2.36 bits per heavy atom. The van der Waals surface area contributed by atoms with Crippen LogP contribution >= 0.6 is 0 Å². The molecule has 0 bridgehead atoms. The number of aliphatic hydroxyl groups excluding tert-OH is 1. The van der Waals surface area contributed by atoms with Crippen molar-refractivity contribution in [2.45, 2.75) is 59.0 Å². The van der Waals surface area contributed by atoms with E-state index < -0.39 is 11.7 Å². The second-order valence-electron chi connectivity index (χ2n) is 12.1. The SMILES string of the molecule is CC(CO)CNC(=O)C(=O)c1ccc(-c2ccc3c(c2)CCC2(CCN(C(=O)OCC(C)(C)C)CC2)O3)cc1. The zero-order valence-electron chi connectivity index (χ0n) is 23.4. The van der Waals surface area contributed by atoms with Gasteiger partial charge < -0.3 is 24.8 Å². The number of likely N-dealkylation sites (tertiary alicyclic amines) is 1. The van der Waals surface area contributed by atoms with Crippen molar-refractivity contribution in [2.24, 2.45) is 11.3 Å². The first-order chi connectivity index (χ1) is 18.5. The van der Waals surface area contributed by atoms with Crippen molar-refractivity contribution in [1.82, 2.24) is 10.2 Å². The third-order valence-corrected chi connectivity index (χ3v) is 7.41. The molecule has 2 aromatic rings. The molecule has 8 nitrogen and oxygen atoms in total. The van der Waals surface area contributed by atoms with Crippen LogP contribution in [0.15, 0.2) is 42.5 Å². The van der Waals surface area contributed by atoms with Crippen LogP contribution in [0.4, 0.5) is 4.79 Å². The summed E-state index contributed by atoms with van der Waals surface area (Å²) in [5.74, 6) is -0.490. The molecule has 2 aliphatic heterocycles. The summed E-state index contributed by atoms with van der Waals surface area (Å²) in [6, 6.07) is 13.2. The normalized spacial score (nSPS) is 17.1. The predicted molar refractivity (Wildman–Crippen MR) is 149 cm³/mol. The summed E-state index contributed by atoms with van der Waals surface area (Å²) in [6.07, 6.45) is 3.10. The van der Waals surface area contributed by atoms with Crippen molar-refractivity contribution >= 4 is 17.8 Å². The standard InChI is InChI=1S/C31H40N2O6/c1-21(19-34)18-32-28(36)27(35)23-7-5-22(6-8-23)24-9-10-26-25(17-24)11-12-31(39-26)13-15-33(16-14-31)29(37)38-20-30(2,3)4/h5-10,17,21,34H,11-16,18-20H2,1-4H3,(H,32,36). The molecule has 1 unspecified atom stereocenters. The lowest BCUT2D eigenvalue weighted by atomic mass is 9.82. The Morgan fingerprint density at radius 2 is 1.72 bits per heavy atom. The minimum atomic E-state index is -0.671. The van der Waals surface area contributed by atoms with Crippen LogP contribution < -0.4 is 10.1 Å². The Bertz CT molecular complexity index is 1190. The van der Waals surface area contributed by atoms with Gasteiger partial charge in [-0.25, -0.2) is 4.79 Å². The van der Waals surface area contributed by atoms with E-state index in [0.717, 1.165) is 48.1 Å². The van der Waals surface area contributed by atoms with E-state index in [1.54, 1.807) is 24.0 Å². The number of carbonyl (C=O) groups is 3. The summed E-state index contributed by atoms with van der Waals surface area (Å²) < 4.78 is 12.0. The van der Waals surface area contributed by atoms with Crippen LogP contribution in [0, 0.1) is 11.3 Å². The summed E-state index contributed by atoms with van der Waals surface area (Å²) >= 11 is 0. The maximum absolute atomic E-state index is 12.5. The number of benzene rings is 2. The maximum atomic E-state index is 12.5. The van der Waals surface area contributed by atoms with E-state index in [1.807, 2.05) is 45.0 Å². The zero-order valence-corrected chi connectivity index (χ0v) is 23.4. The van der Waals surface area contributed by atoms with E-state index >= 15 is 0 Å². The van der Waals surface area contributed by atoms with E-state index in [0.29, 0.717) is 25.3 Å². The van der Waals surface area contributed by atoms with Crippen molar-refractivity contribution in [1.29, 1.82) is 0 Å². The lowest BCUT2D eigenvalue weighted by Gasteiger charge is -2.44. The van der Waals surface area contributed by atoms with Gasteiger partial charge >= 0.3 is 6.09 Å². The van der Waals surface area contributed by atoms with Crippen molar-refractivity contribution < 1.29 is 29.0 Å². The number of hydrogen-bond donors (Lipinski definition) is 2. The number of fused-ring (bicyclic) bond motifs is 1. The molecule has 2 aliphatic rings. The molecule has 0 radical (unpaired) electrons. The molecule has 1 atom stereocenters. The number of ether oxygens (including phenoxy) is 2. The molecule has 1 fully saturated rings. The number of nitrogens with zero attached hydrogens (tertiary/aromatic N) is 1. The Kier molecular flexibility index (Phi) is 8.64. The van der Waals surface area contributed by atoms with Crippen LogP contribution in [-0.2, 0) is 16.0 Å². The third kappa shape index (κ3) is 7.18. The highest BCUT2D eigenvalue weighted by Crippen LogP contribution is 2.41. The number of nitrogens with one attached hydrogen (secondary N) is 1. The fourth-order valence-electron chi connectivity index (χ4n) is 4.88. The number of aliphatic hydroxyl groups is 1. The second-order valence-corrected chi connectivity index (χ2v) is 12.1. The minimum absolute atomic E-state index is 0.0527. The Hall–Kier alpha value is -3.39. The number of rotatable bonds is 7. The molecule has 210 valence electrons. The number of carbonyl (C=O) groups excluding carboxylic acids is 3. The van der Waals surface area contributed by atoms with Gasteiger partial charge in [-0.3, -0.25) is 9.59 Å². The zero-order chi connectivity index (χ0) is 28.2. The summed E-state index contributed by atoms with van der Waals surface area (Å²) in [6.45, 7) is 9.78. The van der Waals surface area contributed by atoms with Crippen molar-refractivity contribution in [3.63, 3.8) is 0 Å². The number of hydrogen-bond acceptors (Lipinski definition) is 6. The van der Waals surface area contributed by atoms with Crippen molar-refractivity contribution in [3.05, 3.63) is 53.6 Å². The fraction of sp³-hybridized carbons (Fsp3) is 0.516. The smallest absolute Gasteiger partial charge is 0.409 e. The van der Waals surface area contributed by atoms with Crippen LogP contribution in [0.3, 0.4) is 0 Å². The number of ketones is 1. The molecule has 0 aliphatic carbocycles. The van der Waals surface area contributed by atoms with Crippen molar-refractivity contribution in [2.75, 3.05) is 32.8 Å². The molecule has 8 heteroatoms. The highest BCUT2D eigenvalue weighted by molar-refractivity contribution is 6.42. The van der Waals surface area contributed by atoms with Gasteiger partial charge in [-0.05, 0) is 53.0 Å². The molecule has 4 rings (SSSR count). The quantitative estimate of drug-likeness (QED) is 0.395. The summed E-state index contributed by atoms with van der Waals surface area (Å²) in [7, 11) is 0. The molecular weight excluding hydrogens is 496 g/mol. The van der Waals surface area contributed by atoms with Gasteiger partial charge in [-0.15, -0.1) is 0 Å². The summed E-state index contributed by atoms with van der Waals surface area (Å²) in [5, 5.41) is 11.7. The summed E-state index contributed by atoms with van der Waals surface area (Å²) in [5.41, 5.74) is 3.12. The fourth-order valence-corrected chi connectivity index (χ4v) is 4.88. The highest BCUT2D eigenvalue weighted by Gasteiger charge is 2.41.